The monoisotopic (exact) mass is 305 g/mol. The zero-order valence-corrected chi connectivity index (χ0v) is 13.3. The maximum atomic E-state index is 9.96. The maximum absolute atomic E-state index is 9.96. The predicted octanol–water partition coefficient (Wildman–Crippen LogP) is 1.19. The summed E-state index contributed by atoms with van der Waals surface area (Å²) in [5, 5.41) is 17.7. The number of aliphatic hydroxyl groups is 1. The van der Waals surface area contributed by atoms with Gasteiger partial charge >= 0.3 is 0 Å². The van der Waals surface area contributed by atoms with E-state index in [1.165, 1.54) is 0 Å². The van der Waals surface area contributed by atoms with Gasteiger partial charge in [0, 0.05) is 13.0 Å². The lowest BCUT2D eigenvalue weighted by Crippen LogP contribution is -2.42. The summed E-state index contributed by atoms with van der Waals surface area (Å²) in [4.78, 5) is 8.95. The van der Waals surface area contributed by atoms with Gasteiger partial charge in [0.25, 0.3) is 0 Å². The molecule has 0 radical (unpaired) electrons. The van der Waals surface area contributed by atoms with E-state index in [4.69, 9.17) is 4.74 Å². The molecule has 7 nitrogen and oxygen atoms in total. The van der Waals surface area contributed by atoms with Crippen molar-refractivity contribution < 1.29 is 9.84 Å². The van der Waals surface area contributed by atoms with Gasteiger partial charge in [-0.15, -0.1) is 5.10 Å². The van der Waals surface area contributed by atoms with E-state index in [2.05, 4.69) is 34.2 Å². The number of anilines is 1. The summed E-state index contributed by atoms with van der Waals surface area (Å²) in [6.45, 7) is 7.28. The third kappa shape index (κ3) is 3.05. The molecule has 1 saturated heterocycles. The fourth-order valence-electron chi connectivity index (χ4n) is 2.71. The zero-order chi connectivity index (χ0) is 15.7. The summed E-state index contributed by atoms with van der Waals surface area (Å²) in [6, 6.07) is -0.0793. The van der Waals surface area contributed by atoms with Crippen LogP contribution in [0.2, 0.25) is 0 Å². The van der Waals surface area contributed by atoms with Gasteiger partial charge in [-0.05, 0) is 19.3 Å². The van der Waals surface area contributed by atoms with Gasteiger partial charge < -0.3 is 15.2 Å². The Morgan fingerprint density at radius 2 is 2.32 bits per heavy atom. The fraction of sp³-hybridized carbons (Fsp3) is 0.667. The number of nitrogens with zero attached hydrogens (tertiary/aromatic N) is 4. The van der Waals surface area contributed by atoms with E-state index >= 15 is 0 Å². The molecule has 0 bridgehead atoms. The first-order chi connectivity index (χ1) is 10.5. The number of rotatable bonds is 4. The van der Waals surface area contributed by atoms with Crippen LogP contribution < -0.4 is 5.32 Å². The number of imidazole rings is 1. The molecular formula is C15H23N5O2. The molecule has 0 saturated carbocycles. The topological polar surface area (TPSA) is 84.6 Å². The first-order valence-electron chi connectivity index (χ1n) is 7.78. The van der Waals surface area contributed by atoms with Crippen LogP contribution in [0.15, 0.2) is 6.20 Å². The van der Waals surface area contributed by atoms with Crippen LogP contribution in [-0.2, 0) is 11.2 Å². The first kappa shape index (κ1) is 15.2. The maximum Gasteiger partial charge on any atom is 0.241 e. The molecule has 1 fully saturated rings. The second kappa shape index (κ2) is 6.18. The molecule has 0 aromatic carbocycles. The van der Waals surface area contributed by atoms with Crippen molar-refractivity contribution in [3.05, 3.63) is 17.7 Å². The quantitative estimate of drug-likeness (QED) is 0.883. The Hall–Kier alpha value is -1.73. The van der Waals surface area contributed by atoms with Gasteiger partial charge in [0.2, 0.25) is 5.95 Å². The van der Waals surface area contributed by atoms with Crippen molar-refractivity contribution in [2.45, 2.75) is 45.8 Å². The second-order valence-corrected chi connectivity index (χ2v) is 6.27. The molecule has 7 heteroatoms. The fourth-order valence-corrected chi connectivity index (χ4v) is 2.71. The predicted molar refractivity (Wildman–Crippen MR) is 82.9 cm³/mol. The largest absolute Gasteiger partial charge is 0.389 e. The van der Waals surface area contributed by atoms with Gasteiger partial charge in [0.15, 0.2) is 0 Å². The normalized spacial score (nSPS) is 22.4. The van der Waals surface area contributed by atoms with Gasteiger partial charge in [0.05, 0.1) is 30.6 Å². The van der Waals surface area contributed by atoms with Gasteiger partial charge in [-0.3, -0.25) is 0 Å². The highest BCUT2D eigenvalue weighted by Crippen LogP contribution is 2.16. The minimum Gasteiger partial charge on any atom is -0.389 e. The highest BCUT2D eigenvalue weighted by atomic mass is 16.5. The highest BCUT2D eigenvalue weighted by molar-refractivity contribution is 5.51. The van der Waals surface area contributed by atoms with Crippen LogP contribution in [0, 0.1) is 12.8 Å². The van der Waals surface area contributed by atoms with Crippen LogP contribution in [0.3, 0.4) is 0 Å². The molecule has 2 aromatic rings. The number of nitrogens with one attached hydrogen (secondary N) is 1. The lowest BCUT2D eigenvalue weighted by molar-refractivity contribution is -0.0136. The molecule has 1 aliphatic rings. The van der Waals surface area contributed by atoms with E-state index in [9.17, 15) is 5.11 Å². The summed E-state index contributed by atoms with van der Waals surface area (Å²) >= 11 is 0. The molecule has 22 heavy (non-hydrogen) atoms. The third-order valence-electron chi connectivity index (χ3n) is 3.88. The first-order valence-corrected chi connectivity index (χ1v) is 7.78. The Kier molecular flexibility index (Phi) is 4.26. The molecule has 2 N–H and O–H groups in total. The van der Waals surface area contributed by atoms with Gasteiger partial charge in [-0.25, -0.2) is 14.5 Å². The van der Waals surface area contributed by atoms with E-state index in [-0.39, 0.29) is 6.04 Å². The average molecular weight is 305 g/mol. The van der Waals surface area contributed by atoms with E-state index in [1.54, 1.807) is 6.20 Å². The van der Waals surface area contributed by atoms with Crippen molar-refractivity contribution in [1.29, 1.82) is 0 Å². The second-order valence-electron chi connectivity index (χ2n) is 6.27. The van der Waals surface area contributed by atoms with Crippen molar-refractivity contribution in [2.24, 2.45) is 5.92 Å². The SMILES string of the molecule is Cc1nc(CC(C)C)n2nc(N[C@@H]3CCOC[C@H]3O)ncc12. The Labute approximate surface area is 129 Å². The summed E-state index contributed by atoms with van der Waals surface area (Å²) in [5.74, 6) is 1.97. The number of ether oxygens (including phenoxy) is 1. The summed E-state index contributed by atoms with van der Waals surface area (Å²) in [5.41, 5.74) is 1.86. The molecule has 0 amide bonds. The Morgan fingerprint density at radius 3 is 3.05 bits per heavy atom. The van der Waals surface area contributed by atoms with Crippen LogP contribution in [0.25, 0.3) is 5.52 Å². The summed E-state index contributed by atoms with van der Waals surface area (Å²) < 4.78 is 7.10. The molecule has 0 spiro atoms. The van der Waals surface area contributed by atoms with E-state index in [1.807, 2.05) is 11.4 Å². The van der Waals surface area contributed by atoms with E-state index in [0.717, 1.165) is 29.9 Å². The minimum atomic E-state index is -0.535. The number of fused-ring (bicyclic) bond motifs is 1. The van der Waals surface area contributed by atoms with Crippen molar-refractivity contribution in [3.8, 4) is 0 Å². The van der Waals surface area contributed by atoms with Gasteiger partial charge in [-0.1, -0.05) is 13.8 Å². The van der Waals surface area contributed by atoms with Crippen molar-refractivity contribution >= 4 is 11.5 Å². The van der Waals surface area contributed by atoms with Crippen LogP contribution in [-0.4, -0.2) is 50.0 Å². The standard InChI is InChI=1S/C15H23N5O2/c1-9(2)6-14-17-10(3)12-7-16-15(19-20(12)14)18-11-4-5-22-8-13(11)21/h7,9,11,13,21H,4-6,8H2,1-3H3,(H,18,19)/t11-,13-/m1/s1. The molecule has 2 aromatic heterocycles. The van der Waals surface area contributed by atoms with Crippen molar-refractivity contribution in [2.75, 3.05) is 18.5 Å². The molecule has 0 unspecified atom stereocenters. The molecule has 3 rings (SSSR count). The Morgan fingerprint density at radius 1 is 1.50 bits per heavy atom. The van der Waals surface area contributed by atoms with E-state index in [0.29, 0.717) is 25.1 Å². The molecule has 1 aliphatic heterocycles. The number of aromatic nitrogens is 4. The third-order valence-corrected chi connectivity index (χ3v) is 3.88. The number of aryl methyl sites for hydroxylation is 1. The van der Waals surface area contributed by atoms with Crippen molar-refractivity contribution in [3.63, 3.8) is 0 Å². The lowest BCUT2D eigenvalue weighted by Gasteiger charge is -2.28. The number of hydrogen-bond acceptors (Lipinski definition) is 6. The summed E-state index contributed by atoms with van der Waals surface area (Å²) in [6.07, 6.45) is 2.86. The molecule has 0 aliphatic carbocycles. The van der Waals surface area contributed by atoms with Crippen LogP contribution >= 0.6 is 0 Å². The Balaban J connectivity index is 1.87. The smallest absolute Gasteiger partial charge is 0.241 e. The number of hydrogen-bond donors (Lipinski definition) is 2. The van der Waals surface area contributed by atoms with Gasteiger partial charge in [-0.2, -0.15) is 0 Å². The minimum absolute atomic E-state index is 0.0793. The molecule has 2 atom stereocenters. The molecular weight excluding hydrogens is 282 g/mol. The Bertz CT molecular complexity index is 655. The zero-order valence-electron chi connectivity index (χ0n) is 13.3. The van der Waals surface area contributed by atoms with Gasteiger partial charge in [0.1, 0.15) is 11.3 Å². The van der Waals surface area contributed by atoms with Crippen LogP contribution in [0.4, 0.5) is 5.95 Å². The highest BCUT2D eigenvalue weighted by Gasteiger charge is 2.24. The van der Waals surface area contributed by atoms with E-state index < -0.39 is 6.10 Å². The lowest BCUT2D eigenvalue weighted by atomic mass is 10.1. The van der Waals surface area contributed by atoms with Crippen molar-refractivity contribution in [1.82, 2.24) is 19.6 Å². The van der Waals surface area contributed by atoms with Crippen LogP contribution in [0.5, 0.6) is 0 Å². The number of aliphatic hydroxyl groups excluding tert-OH is 1. The average Bonchev–Trinajstić information content (AvgIpc) is 2.77. The molecule has 3 heterocycles. The summed E-state index contributed by atoms with van der Waals surface area (Å²) in [7, 11) is 0. The molecule has 120 valence electrons. The van der Waals surface area contributed by atoms with Crippen LogP contribution in [0.1, 0.15) is 31.8 Å².